The summed E-state index contributed by atoms with van der Waals surface area (Å²) < 4.78 is 13.0. The molecule has 0 radical (unpaired) electrons. The Morgan fingerprint density at radius 2 is 1.70 bits per heavy atom. The summed E-state index contributed by atoms with van der Waals surface area (Å²) in [6.07, 6.45) is 1.80. The van der Waals surface area contributed by atoms with Gasteiger partial charge in [0, 0.05) is 17.6 Å². The minimum atomic E-state index is -1.02. The van der Waals surface area contributed by atoms with E-state index >= 15 is 0 Å². The van der Waals surface area contributed by atoms with E-state index < -0.39 is 11.9 Å². The molecule has 0 aromatic heterocycles. The molecular formula is C14H17FN2O3. The first kappa shape index (κ1) is 14.3. The van der Waals surface area contributed by atoms with Gasteiger partial charge in [-0.2, -0.15) is 0 Å². The molecule has 0 bridgehead atoms. The first-order valence-corrected chi connectivity index (χ1v) is 6.60. The fourth-order valence-electron chi connectivity index (χ4n) is 2.46. The topological polar surface area (TPSA) is 78.4 Å². The Kier molecular flexibility index (Phi) is 4.55. The van der Waals surface area contributed by atoms with Crippen LogP contribution in [-0.2, 0) is 0 Å². The SMILES string of the molecule is O=C(O)NC1CCC(NC(=O)c2cccc(F)c2)CC1. The molecule has 108 valence electrons. The average molecular weight is 280 g/mol. The van der Waals surface area contributed by atoms with E-state index in [4.69, 9.17) is 5.11 Å². The largest absolute Gasteiger partial charge is 0.465 e. The molecule has 0 atom stereocenters. The first-order chi connectivity index (χ1) is 9.54. The van der Waals surface area contributed by atoms with Gasteiger partial charge in [0.1, 0.15) is 5.82 Å². The number of amides is 2. The standard InChI is InChI=1S/C14H17FN2O3/c15-10-3-1-2-9(8-10)13(18)16-11-4-6-12(7-5-11)17-14(19)20/h1-3,8,11-12,17H,4-7H2,(H,16,18)(H,19,20). The number of hydrogen-bond donors (Lipinski definition) is 3. The van der Waals surface area contributed by atoms with E-state index in [1.165, 1.54) is 18.2 Å². The van der Waals surface area contributed by atoms with Gasteiger partial charge in [-0.15, -0.1) is 0 Å². The van der Waals surface area contributed by atoms with Gasteiger partial charge in [-0.05, 0) is 43.9 Å². The lowest BCUT2D eigenvalue weighted by Crippen LogP contribution is -2.43. The molecule has 1 aromatic carbocycles. The number of carbonyl (C=O) groups is 2. The minimum absolute atomic E-state index is 0.0117. The third-order valence-corrected chi connectivity index (χ3v) is 3.48. The van der Waals surface area contributed by atoms with Crippen LogP contribution >= 0.6 is 0 Å². The molecule has 1 aliphatic carbocycles. The van der Waals surface area contributed by atoms with Crippen molar-refractivity contribution in [1.82, 2.24) is 10.6 Å². The zero-order valence-electron chi connectivity index (χ0n) is 10.9. The lowest BCUT2D eigenvalue weighted by Gasteiger charge is -2.28. The molecule has 0 unspecified atom stereocenters. The molecule has 0 spiro atoms. The lowest BCUT2D eigenvalue weighted by molar-refractivity contribution is 0.0922. The fraction of sp³-hybridized carbons (Fsp3) is 0.429. The zero-order chi connectivity index (χ0) is 14.5. The molecule has 3 N–H and O–H groups in total. The van der Waals surface area contributed by atoms with Crippen molar-refractivity contribution in [3.8, 4) is 0 Å². The Balaban J connectivity index is 1.83. The van der Waals surface area contributed by atoms with E-state index in [9.17, 15) is 14.0 Å². The Morgan fingerprint density at radius 1 is 1.10 bits per heavy atom. The summed E-state index contributed by atoms with van der Waals surface area (Å²) in [6.45, 7) is 0. The van der Waals surface area contributed by atoms with Crippen LogP contribution in [0.1, 0.15) is 36.0 Å². The van der Waals surface area contributed by atoms with Crippen molar-refractivity contribution in [2.45, 2.75) is 37.8 Å². The van der Waals surface area contributed by atoms with Gasteiger partial charge in [-0.3, -0.25) is 4.79 Å². The van der Waals surface area contributed by atoms with Crippen LogP contribution in [0.3, 0.4) is 0 Å². The van der Waals surface area contributed by atoms with Gasteiger partial charge in [0.2, 0.25) is 0 Å². The molecular weight excluding hydrogens is 263 g/mol. The second kappa shape index (κ2) is 6.36. The highest BCUT2D eigenvalue weighted by atomic mass is 19.1. The predicted octanol–water partition coefficient (Wildman–Crippen LogP) is 2.13. The van der Waals surface area contributed by atoms with Crippen molar-refractivity contribution in [1.29, 1.82) is 0 Å². The van der Waals surface area contributed by atoms with Gasteiger partial charge in [0.05, 0.1) is 0 Å². The summed E-state index contributed by atoms with van der Waals surface area (Å²) in [5.41, 5.74) is 0.302. The number of benzene rings is 1. The number of halogens is 1. The van der Waals surface area contributed by atoms with Crippen LogP contribution in [0.4, 0.5) is 9.18 Å². The number of hydrogen-bond acceptors (Lipinski definition) is 2. The van der Waals surface area contributed by atoms with Crippen molar-refractivity contribution in [3.05, 3.63) is 35.6 Å². The molecule has 1 aromatic rings. The van der Waals surface area contributed by atoms with E-state index in [-0.39, 0.29) is 18.0 Å². The van der Waals surface area contributed by atoms with Crippen LogP contribution in [0.15, 0.2) is 24.3 Å². The second-order valence-electron chi connectivity index (χ2n) is 4.98. The third kappa shape index (κ3) is 3.94. The van der Waals surface area contributed by atoms with Crippen molar-refractivity contribution in [3.63, 3.8) is 0 Å². The summed E-state index contributed by atoms with van der Waals surface area (Å²) in [5.74, 6) is -0.730. The smallest absolute Gasteiger partial charge is 0.404 e. The molecule has 6 heteroatoms. The van der Waals surface area contributed by atoms with Crippen LogP contribution in [0.5, 0.6) is 0 Å². The summed E-state index contributed by atoms with van der Waals surface area (Å²) in [6, 6.07) is 5.52. The third-order valence-electron chi connectivity index (χ3n) is 3.48. The van der Waals surface area contributed by atoms with Crippen LogP contribution in [-0.4, -0.2) is 29.2 Å². The van der Waals surface area contributed by atoms with E-state index in [1.54, 1.807) is 6.07 Å². The Bertz CT molecular complexity index is 499. The molecule has 1 saturated carbocycles. The fourth-order valence-corrected chi connectivity index (χ4v) is 2.46. The van der Waals surface area contributed by atoms with Crippen molar-refractivity contribution in [2.75, 3.05) is 0 Å². The molecule has 1 aliphatic rings. The first-order valence-electron chi connectivity index (χ1n) is 6.60. The van der Waals surface area contributed by atoms with E-state index in [2.05, 4.69) is 10.6 Å². The highest BCUT2D eigenvalue weighted by Gasteiger charge is 2.23. The number of nitrogens with one attached hydrogen (secondary N) is 2. The minimum Gasteiger partial charge on any atom is -0.465 e. The van der Waals surface area contributed by atoms with E-state index in [1.807, 2.05) is 0 Å². The molecule has 0 saturated heterocycles. The summed E-state index contributed by atoms with van der Waals surface area (Å²) >= 11 is 0. The molecule has 2 amide bonds. The van der Waals surface area contributed by atoms with Gasteiger partial charge in [-0.25, -0.2) is 9.18 Å². The van der Waals surface area contributed by atoms with Crippen LogP contribution in [0.2, 0.25) is 0 Å². The summed E-state index contributed by atoms with van der Waals surface area (Å²) in [5, 5.41) is 13.9. The van der Waals surface area contributed by atoms with Crippen molar-refractivity contribution in [2.24, 2.45) is 0 Å². The Hall–Kier alpha value is -2.11. The predicted molar refractivity (Wildman–Crippen MR) is 71.1 cm³/mol. The molecule has 5 nitrogen and oxygen atoms in total. The lowest BCUT2D eigenvalue weighted by atomic mass is 9.91. The monoisotopic (exact) mass is 280 g/mol. The van der Waals surface area contributed by atoms with Crippen molar-refractivity contribution < 1.29 is 19.1 Å². The molecule has 20 heavy (non-hydrogen) atoms. The normalized spacial score (nSPS) is 22.1. The maximum atomic E-state index is 13.0. The number of rotatable bonds is 3. The van der Waals surface area contributed by atoms with Gasteiger partial charge < -0.3 is 15.7 Å². The molecule has 2 rings (SSSR count). The maximum Gasteiger partial charge on any atom is 0.404 e. The zero-order valence-corrected chi connectivity index (χ0v) is 10.9. The van der Waals surface area contributed by atoms with Gasteiger partial charge in [0.15, 0.2) is 0 Å². The van der Waals surface area contributed by atoms with E-state index in [0.717, 1.165) is 0 Å². The Labute approximate surface area is 116 Å². The van der Waals surface area contributed by atoms with Crippen LogP contribution in [0, 0.1) is 5.82 Å². The quantitative estimate of drug-likeness (QED) is 0.793. The molecule has 0 aliphatic heterocycles. The number of carbonyl (C=O) groups excluding carboxylic acids is 1. The number of carboxylic acid groups (broad SMARTS) is 1. The molecule has 0 heterocycles. The average Bonchev–Trinajstić information content (AvgIpc) is 2.40. The van der Waals surface area contributed by atoms with Gasteiger partial charge in [0.25, 0.3) is 5.91 Å². The van der Waals surface area contributed by atoms with Gasteiger partial charge >= 0.3 is 6.09 Å². The highest BCUT2D eigenvalue weighted by Crippen LogP contribution is 2.19. The van der Waals surface area contributed by atoms with Crippen molar-refractivity contribution >= 4 is 12.0 Å². The summed E-state index contributed by atoms with van der Waals surface area (Å²) in [7, 11) is 0. The maximum absolute atomic E-state index is 13.0. The highest BCUT2D eigenvalue weighted by molar-refractivity contribution is 5.94. The van der Waals surface area contributed by atoms with Gasteiger partial charge in [-0.1, -0.05) is 6.07 Å². The van der Waals surface area contributed by atoms with E-state index in [0.29, 0.717) is 31.2 Å². The second-order valence-corrected chi connectivity index (χ2v) is 4.98. The van der Waals surface area contributed by atoms with Crippen LogP contribution < -0.4 is 10.6 Å². The van der Waals surface area contributed by atoms with Crippen LogP contribution in [0.25, 0.3) is 0 Å². The molecule has 1 fully saturated rings. The summed E-state index contributed by atoms with van der Waals surface area (Å²) in [4.78, 5) is 22.5. The Morgan fingerprint density at radius 3 is 2.25 bits per heavy atom.